The molecule has 9 aromatic rings. The number of aryl methyl sites for hydroxylation is 2. The van der Waals surface area contributed by atoms with Gasteiger partial charge in [0.15, 0.2) is 0 Å². The maximum atomic E-state index is 13.3. The van der Waals surface area contributed by atoms with Crippen molar-refractivity contribution in [2.24, 2.45) is 0 Å². The topological polar surface area (TPSA) is 251 Å². The van der Waals surface area contributed by atoms with E-state index in [1.54, 1.807) is 43.2 Å². The number of nitrogen functional groups attached to an aromatic ring is 1. The van der Waals surface area contributed by atoms with Gasteiger partial charge in [0.2, 0.25) is 0 Å². The molecule has 62 heavy (non-hydrogen) atoms. The number of nitriles is 2. The number of nitrogens with zero attached hydrogens (tertiary/aromatic N) is 10. The maximum Gasteiger partial charge on any atom is 2.00 e. The zero-order chi connectivity index (χ0) is 44.1. The Balaban J connectivity index is 0.000000262. The van der Waals surface area contributed by atoms with Gasteiger partial charge in [-0.3, -0.25) is 14.8 Å². The van der Waals surface area contributed by atoms with Crippen LogP contribution in [-0.4, -0.2) is 45.4 Å². The van der Waals surface area contributed by atoms with Crippen LogP contribution in [0.1, 0.15) is 44.0 Å². The van der Waals surface area contributed by atoms with Crippen LogP contribution in [0.4, 0.5) is 5.82 Å². The fourth-order valence-corrected chi connectivity index (χ4v) is 6.90. The van der Waals surface area contributed by atoms with Gasteiger partial charge in [-0.15, -0.1) is 0 Å². The van der Waals surface area contributed by atoms with Crippen molar-refractivity contribution in [1.29, 1.82) is 21.0 Å². The second kappa shape index (κ2) is 22.0. The van der Waals surface area contributed by atoms with Crippen molar-refractivity contribution in [3.05, 3.63) is 167 Å². The van der Waals surface area contributed by atoms with Crippen LogP contribution in [0, 0.1) is 60.2 Å². The van der Waals surface area contributed by atoms with E-state index in [1.807, 2.05) is 79.2 Å². The van der Waals surface area contributed by atoms with Crippen LogP contribution >= 0.6 is 23.2 Å². The zero-order valence-electron chi connectivity index (χ0n) is 33.1. The predicted molar refractivity (Wildman–Crippen MR) is 231 cm³/mol. The Hall–Kier alpha value is -7.72. The van der Waals surface area contributed by atoms with E-state index in [4.69, 9.17) is 57.9 Å². The van der Waals surface area contributed by atoms with Gasteiger partial charge in [0, 0.05) is 89.2 Å². The number of anilines is 1. The van der Waals surface area contributed by atoms with Crippen LogP contribution < -0.4 is 11.1 Å². The molecule has 18 heteroatoms. The molecular formula is C44H32Cl2N14OZn. The number of H-pyrrole nitrogens is 2. The van der Waals surface area contributed by atoms with Crippen molar-refractivity contribution in [3.63, 3.8) is 0 Å². The van der Waals surface area contributed by atoms with E-state index in [-0.39, 0.29) is 25.4 Å². The second-order valence-electron chi connectivity index (χ2n) is 12.9. The number of rotatable bonds is 5. The molecule has 1 aromatic carbocycles. The second-order valence-corrected chi connectivity index (χ2v) is 13.7. The average molecular weight is 909 g/mol. The third kappa shape index (κ3) is 10.7. The quantitative estimate of drug-likeness (QED) is 0.0723. The number of fused-ring (bicyclic) bond motifs is 4. The van der Waals surface area contributed by atoms with Crippen molar-refractivity contribution in [1.82, 2.24) is 44.8 Å². The number of pyridine rings is 5. The van der Waals surface area contributed by atoms with E-state index in [2.05, 4.69) is 46.3 Å². The van der Waals surface area contributed by atoms with E-state index in [9.17, 15) is 10.1 Å². The Morgan fingerprint density at radius 2 is 1.56 bits per heavy atom. The van der Waals surface area contributed by atoms with Crippen LogP contribution in [-0.2, 0) is 32.6 Å². The maximum absolute atomic E-state index is 13.3. The van der Waals surface area contributed by atoms with Gasteiger partial charge in [0.1, 0.15) is 28.8 Å². The molecule has 0 atom stereocenters. The summed E-state index contributed by atoms with van der Waals surface area (Å²) in [5, 5.41) is 38.3. The van der Waals surface area contributed by atoms with Crippen LogP contribution in [0.2, 0.25) is 10.2 Å². The van der Waals surface area contributed by atoms with E-state index < -0.39 is 0 Å². The molecular weight excluding hydrogens is 877 g/mol. The number of hydrogen-bond acceptors (Lipinski definition) is 11. The molecule has 8 aromatic heterocycles. The smallest absolute Gasteiger partial charge is 0.512 e. The number of aromatic amines is 2. The van der Waals surface area contributed by atoms with E-state index in [0.717, 1.165) is 55.1 Å². The van der Waals surface area contributed by atoms with Gasteiger partial charge >= 0.3 is 19.5 Å². The van der Waals surface area contributed by atoms with E-state index >= 15 is 0 Å². The van der Waals surface area contributed by atoms with Crippen LogP contribution in [0.25, 0.3) is 43.6 Å². The summed E-state index contributed by atoms with van der Waals surface area (Å²) in [6, 6.07) is 21.3. The SMILES string of the molecule is Cc1cc(N)nc(C)c1CNC(=O)c1cn(Cc2ccc3ncc(Cl)cc3c2)c2cncc(C#N)c12.Clc1nccc2[nH]ccc12.N#Cc1nccc2[nH]ccc12.[C-]#N.[C-]#N.[Zn+2]. The minimum atomic E-state index is -0.286. The molecule has 0 unspecified atom stereocenters. The number of carbonyl (C=O) groups is 1. The van der Waals surface area contributed by atoms with Crippen molar-refractivity contribution >= 4 is 78.5 Å². The molecule has 0 fully saturated rings. The molecule has 0 spiro atoms. The summed E-state index contributed by atoms with van der Waals surface area (Å²) in [6.07, 6.45) is 13.5. The predicted octanol–water partition coefficient (Wildman–Crippen LogP) is 8.52. The standard InChI is InChI=1S/C27H22ClN7O.C8H5N3.C7H5ClN2.2CN.Zn/c1-15-5-25(30)34-16(2)21(15)11-33-27(36)22-14-35(24-12-31-9-19(8-29)26(22)24)13-17-3-4-23-18(6-17)7-20(28)10-32-23;9-5-8-6-1-3-10-7(6)2-4-11-8;8-7-5-1-3-9-6(5)2-4-10-7;2*1-2;/h3-7,9-10,12,14H,11,13H2,1-2H3,(H2,30,34)(H,33,36);1-4,10H;1-4,9H;;;/q;;;2*-1;+2. The summed E-state index contributed by atoms with van der Waals surface area (Å²) in [4.78, 5) is 40.1. The number of nitrogens with two attached hydrogens (primary N) is 1. The van der Waals surface area contributed by atoms with Gasteiger partial charge in [0.25, 0.3) is 5.91 Å². The monoisotopic (exact) mass is 906 g/mol. The molecule has 0 aliphatic heterocycles. The number of aromatic nitrogens is 8. The molecule has 0 saturated heterocycles. The Bertz CT molecular complexity index is 3110. The summed E-state index contributed by atoms with van der Waals surface area (Å²) in [5.74, 6) is 0.160. The minimum absolute atomic E-state index is 0. The molecule has 0 bridgehead atoms. The van der Waals surface area contributed by atoms with Gasteiger partial charge in [0.05, 0.1) is 38.9 Å². The molecule has 5 N–H and O–H groups in total. The van der Waals surface area contributed by atoms with Crippen LogP contribution in [0.5, 0.6) is 0 Å². The average Bonchev–Trinajstić information content (AvgIpc) is 4.05. The number of hydrogen-bond donors (Lipinski definition) is 4. The first-order chi connectivity index (χ1) is 29.6. The summed E-state index contributed by atoms with van der Waals surface area (Å²) in [7, 11) is 0. The minimum Gasteiger partial charge on any atom is -0.512 e. The van der Waals surface area contributed by atoms with Crippen LogP contribution in [0.3, 0.4) is 0 Å². The normalized spacial score (nSPS) is 9.90. The van der Waals surface area contributed by atoms with Crippen LogP contribution in [0.15, 0.2) is 104 Å². The summed E-state index contributed by atoms with van der Waals surface area (Å²) in [6.45, 7) is 14.1. The van der Waals surface area contributed by atoms with Crippen molar-refractivity contribution in [2.75, 3.05) is 5.73 Å². The third-order valence-corrected chi connectivity index (χ3v) is 9.74. The third-order valence-electron chi connectivity index (χ3n) is 9.23. The number of amides is 1. The van der Waals surface area contributed by atoms with Gasteiger partial charge in [-0.2, -0.15) is 10.5 Å². The first kappa shape index (κ1) is 47.0. The Morgan fingerprint density at radius 3 is 2.24 bits per heavy atom. The summed E-state index contributed by atoms with van der Waals surface area (Å²) in [5.41, 5.74) is 14.2. The number of halogens is 2. The van der Waals surface area contributed by atoms with Crippen molar-refractivity contribution in [2.45, 2.75) is 26.9 Å². The fourth-order valence-electron chi connectivity index (χ4n) is 6.51. The van der Waals surface area contributed by atoms with Gasteiger partial charge in [-0.25, -0.2) is 15.0 Å². The first-order valence-corrected chi connectivity index (χ1v) is 18.7. The Labute approximate surface area is 378 Å². The number of carbonyl (C=O) groups excluding carboxylic acids is 1. The molecule has 0 radical (unpaired) electrons. The molecule has 300 valence electrons. The van der Waals surface area contributed by atoms with Gasteiger partial charge in [-0.1, -0.05) is 29.3 Å². The molecule has 0 saturated carbocycles. The van der Waals surface area contributed by atoms with Crippen molar-refractivity contribution < 1.29 is 24.3 Å². The molecule has 0 aliphatic rings. The molecule has 0 aliphatic carbocycles. The largest absolute Gasteiger partial charge is 2.00 e. The molecule has 15 nitrogen and oxygen atoms in total. The Kier molecular flexibility index (Phi) is 16.7. The van der Waals surface area contributed by atoms with E-state index in [0.29, 0.717) is 56.8 Å². The molecule has 1 amide bonds. The zero-order valence-corrected chi connectivity index (χ0v) is 37.6. The van der Waals surface area contributed by atoms with E-state index in [1.165, 1.54) is 6.20 Å². The van der Waals surface area contributed by atoms with Gasteiger partial charge in [-0.05, 0) is 79.1 Å². The molecule has 8 heterocycles. The first-order valence-electron chi connectivity index (χ1n) is 17.9. The van der Waals surface area contributed by atoms with Gasteiger partial charge < -0.3 is 49.3 Å². The summed E-state index contributed by atoms with van der Waals surface area (Å²) >= 11 is 11.9. The van der Waals surface area contributed by atoms with Crippen molar-refractivity contribution in [3.8, 4) is 12.1 Å². The number of nitrogens with one attached hydrogen (secondary N) is 3. The summed E-state index contributed by atoms with van der Waals surface area (Å²) < 4.78 is 1.93. The fraction of sp³-hybridized carbons (Fsp3) is 0.0909. The molecule has 9 rings (SSSR count). The Morgan fingerprint density at radius 1 is 0.871 bits per heavy atom. The number of benzene rings is 1.